The molecule has 0 atom stereocenters. The Morgan fingerprint density at radius 1 is 0.964 bits per heavy atom. The zero-order valence-corrected chi connectivity index (χ0v) is 17.5. The van der Waals surface area contributed by atoms with Gasteiger partial charge in [-0.25, -0.2) is 4.99 Å². The van der Waals surface area contributed by atoms with E-state index >= 15 is 0 Å². The summed E-state index contributed by atoms with van der Waals surface area (Å²) in [5.74, 6) is 1.22. The van der Waals surface area contributed by atoms with Crippen LogP contribution in [0.25, 0.3) is 6.08 Å². The molecule has 0 aromatic heterocycles. The molecule has 1 aliphatic heterocycles. The van der Waals surface area contributed by atoms with E-state index in [1.165, 1.54) is 33.1 Å². The third-order valence-corrected chi connectivity index (χ3v) is 5.06. The first-order chi connectivity index (χ1) is 13.4. The summed E-state index contributed by atoms with van der Waals surface area (Å²) >= 11 is 13.2. The van der Waals surface area contributed by atoms with Crippen molar-refractivity contribution in [2.24, 2.45) is 4.99 Å². The largest absolute Gasteiger partial charge is 0.493 e. The third kappa shape index (κ3) is 4.55. The topological polar surface area (TPSA) is 69.2 Å². The van der Waals surface area contributed by atoms with Gasteiger partial charge in [-0.2, -0.15) is 0 Å². The number of ether oxygens (including phenoxy) is 3. The number of nitrogens with one attached hydrogen (secondary N) is 1. The number of carbonyl (C=O) groups excluding carboxylic acids is 1. The molecule has 2 aromatic rings. The minimum absolute atomic E-state index is 0.259. The van der Waals surface area contributed by atoms with Gasteiger partial charge in [-0.15, -0.1) is 0 Å². The second-order valence-electron chi connectivity index (χ2n) is 5.57. The molecule has 28 heavy (non-hydrogen) atoms. The van der Waals surface area contributed by atoms with E-state index in [0.29, 0.717) is 43.1 Å². The van der Waals surface area contributed by atoms with Crippen LogP contribution in [0.1, 0.15) is 5.56 Å². The standard InChI is InChI=1S/C19H16Cl2N2O4S/c1-25-14-4-10(5-15(26-2)17(14)27-3)6-16-18(24)23-19(28-16)22-13-8-11(20)7-12(21)9-13/h4-9H,1-3H3,(H,22,23,24)/b16-6-. The van der Waals surface area contributed by atoms with Crippen LogP contribution in [0, 0.1) is 0 Å². The number of aliphatic imine (C=N–C) groups is 1. The summed E-state index contributed by atoms with van der Waals surface area (Å²) in [7, 11) is 4.60. The molecule has 1 saturated heterocycles. The van der Waals surface area contributed by atoms with Crippen LogP contribution in [0.2, 0.25) is 10.0 Å². The molecule has 0 aliphatic carbocycles. The van der Waals surface area contributed by atoms with Gasteiger partial charge in [0.2, 0.25) is 5.75 Å². The summed E-state index contributed by atoms with van der Waals surface area (Å²) in [6.07, 6.45) is 1.72. The van der Waals surface area contributed by atoms with Gasteiger partial charge < -0.3 is 19.5 Å². The molecule has 0 radical (unpaired) electrons. The zero-order valence-electron chi connectivity index (χ0n) is 15.2. The summed E-state index contributed by atoms with van der Waals surface area (Å²) < 4.78 is 16.0. The number of methoxy groups -OCH3 is 3. The SMILES string of the molecule is COc1cc(/C=C2\SC(=Nc3cc(Cl)cc(Cl)c3)NC2=O)cc(OC)c1OC. The Kier molecular flexibility index (Phi) is 6.39. The van der Waals surface area contributed by atoms with Crippen LogP contribution in [-0.4, -0.2) is 32.4 Å². The molecular weight excluding hydrogens is 423 g/mol. The van der Waals surface area contributed by atoms with E-state index in [1.54, 1.807) is 36.4 Å². The molecule has 3 rings (SSSR count). The maximum atomic E-state index is 12.3. The number of halogens is 2. The van der Waals surface area contributed by atoms with Gasteiger partial charge in [-0.05, 0) is 53.7 Å². The smallest absolute Gasteiger partial charge is 0.264 e. The number of thioether (sulfide) groups is 1. The van der Waals surface area contributed by atoms with Gasteiger partial charge in [-0.1, -0.05) is 23.2 Å². The van der Waals surface area contributed by atoms with E-state index < -0.39 is 0 Å². The first-order valence-electron chi connectivity index (χ1n) is 7.99. The molecule has 6 nitrogen and oxygen atoms in total. The fourth-order valence-electron chi connectivity index (χ4n) is 2.54. The van der Waals surface area contributed by atoms with Gasteiger partial charge in [0.25, 0.3) is 5.91 Å². The lowest BCUT2D eigenvalue weighted by Crippen LogP contribution is -2.19. The van der Waals surface area contributed by atoms with E-state index in [0.717, 1.165) is 5.56 Å². The normalized spacial score (nSPS) is 16.4. The van der Waals surface area contributed by atoms with Crippen LogP contribution >= 0.6 is 35.0 Å². The van der Waals surface area contributed by atoms with Crippen molar-refractivity contribution in [2.45, 2.75) is 0 Å². The minimum Gasteiger partial charge on any atom is -0.493 e. The van der Waals surface area contributed by atoms with Gasteiger partial charge in [0.05, 0.1) is 31.9 Å². The molecule has 1 aliphatic rings. The lowest BCUT2D eigenvalue weighted by molar-refractivity contribution is -0.115. The van der Waals surface area contributed by atoms with Crippen molar-refractivity contribution in [3.05, 3.63) is 50.8 Å². The van der Waals surface area contributed by atoms with Crippen LogP contribution in [-0.2, 0) is 4.79 Å². The van der Waals surface area contributed by atoms with Crippen LogP contribution in [0.4, 0.5) is 5.69 Å². The van der Waals surface area contributed by atoms with Crippen LogP contribution in [0.15, 0.2) is 40.2 Å². The number of hydrogen-bond acceptors (Lipinski definition) is 6. The Morgan fingerprint density at radius 2 is 1.57 bits per heavy atom. The Morgan fingerprint density at radius 3 is 2.11 bits per heavy atom. The molecule has 2 aromatic carbocycles. The molecule has 0 spiro atoms. The molecule has 1 amide bonds. The lowest BCUT2D eigenvalue weighted by Gasteiger charge is -2.12. The Bertz CT molecular complexity index is 947. The van der Waals surface area contributed by atoms with E-state index in [2.05, 4.69) is 10.3 Å². The first-order valence-corrected chi connectivity index (χ1v) is 9.56. The highest BCUT2D eigenvalue weighted by Gasteiger charge is 2.24. The molecule has 1 N–H and O–H groups in total. The summed E-state index contributed by atoms with van der Waals surface area (Å²) in [6.45, 7) is 0. The number of amidine groups is 1. The average Bonchev–Trinajstić information content (AvgIpc) is 2.98. The highest BCUT2D eigenvalue weighted by molar-refractivity contribution is 8.18. The summed E-state index contributed by atoms with van der Waals surface area (Å²) in [6, 6.07) is 8.45. The summed E-state index contributed by atoms with van der Waals surface area (Å²) in [5.41, 5.74) is 1.27. The molecule has 1 heterocycles. The number of hydrogen-bond donors (Lipinski definition) is 1. The monoisotopic (exact) mass is 438 g/mol. The summed E-state index contributed by atoms with van der Waals surface area (Å²) in [5, 5.41) is 4.09. The average molecular weight is 439 g/mol. The Labute approximate surface area is 176 Å². The lowest BCUT2D eigenvalue weighted by atomic mass is 10.1. The predicted octanol–water partition coefficient (Wildman–Crippen LogP) is 4.91. The number of carbonyl (C=O) groups is 1. The number of benzene rings is 2. The Hall–Kier alpha value is -2.35. The number of nitrogens with zero attached hydrogens (tertiary/aromatic N) is 1. The van der Waals surface area contributed by atoms with E-state index in [1.807, 2.05) is 0 Å². The van der Waals surface area contributed by atoms with Gasteiger partial charge in [0.15, 0.2) is 16.7 Å². The molecular formula is C19H16Cl2N2O4S. The molecule has 0 bridgehead atoms. The van der Waals surface area contributed by atoms with Gasteiger partial charge in [0, 0.05) is 10.0 Å². The van der Waals surface area contributed by atoms with Gasteiger partial charge in [-0.3, -0.25) is 4.79 Å². The Balaban J connectivity index is 1.91. The molecule has 146 valence electrons. The maximum Gasteiger partial charge on any atom is 0.264 e. The number of amides is 1. The molecule has 9 heteroatoms. The van der Waals surface area contributed by atoms with Crippen LogP contribution in [0.5, 0.6) is 17.2 Å². The maximum absolute atomic E-state index is 12.3. The minimum atomic E-state index is -0.259. The molecule has 0 unspecified atom stereocenters. The van der Waals surface area contributed by atoms with Crippen LogP contribution < -0.4 is 19.5 Å². The fraction of sp³-hybridized carbons (Fsp3) is 0.158. The third-order valence-electron chi connectivity index (χ3n) is 3.71. The highest BCUT2D eigenvalue weighted by Crippen LogP contribution is 2.39. The number of rotatable bonds is 5. The van der Waals surface area contributed by atoms with Crippen molar-refractivity contribution >= 4 is 57.8 Å². The van der Waals surface area contributed by atoms with Crippen molar-refractivity contribution in [3.8, 4) is 17.2 Å². The summed E-state index contributed by atoms with van der Waals surface area (Å²) in [4.78, 5) is 17.2. The predicted molar refractivity (Wildman–Crippen MR) is 113 cm³/mol. The van der Waals surface area contributed by atoms with E-state index in [9.17, 15) is 4.79 Å². The van der Waals surface area contributed by atoms with Gasteiger partial charge >= 0.3 is 0 Å². The van der Waals surface area contributed by atoms with Crippen molar-refractivity contribution in [3.63, 3.8) is 0 Å². The zero-order chi connectivity index (χ0) is 20.3. The van der Waals surface area contributed by atoms with Crippen molar-refractivity contribution in [1.29, 1.82) is 0 Å². The van der Waals surface area contributed by atoms with Crippen LogP contribution in [0.3, 0.4) is 0 Å². The molecule has 1 fully saturated rings. The van der Waals surface area contributed by atoms with Crippen molar-refractivity contribution in [1.82, 2.24) is 5.32 Å². The van der Waals surface area contributed by atoms with Crippen molar-refractivity contribution in [2.75, 3.05) is 21.3 Å². The fourth-order valence-corrected chi connectivity index (χ4v) is 3.89. The highest BCUT2D eigenvalue weighted by atomic mass is 35.5. The quantitative estimate of drug-likeness (QED) is 0.671. The second-order valence-corrected chi connectivity index (χ2v) is 7.47. The van der Waals surface area contributed by atoms with Crippen molar-refractivity contribution < 1.29 is 19.0 Å². The first kappa shape index (κ1) is 20.4. The van der Waals surface area contributed by atoms with E-state index in [-0.39, 0.29) is 5.91 Å². The van der Waals surface area contributed by atoms with E-state index in [4.69, 9.17) is 37.4 Å². The van der Waals surface area contributed by atoms with Gasteiger partial charge in [0.1, 0.15) is 0 Å². The second kappa shape index (κ2) is 8.77. The molecule has 0 saturated carbocycles.